The molecule has 1 aromatic heterocycles. The molecule has 0 unspecified atom stereocenters. The van der Waals surface area contributed by atoms with Crippen LogP contribution in [0, 0.1) is 11.3 Å². The van der Waals surface area contributed by atoms with Crippen molar-refractivity contribution in [2.24, 2.45) is 0 Å². The van der Waals surface area contributed by atoms with Gasteiger partial charge in [0.25, 0.3) is 0 Å². The molecule has 0 bridgehead atoms. The van der Waals surface area contributed by atoms with Crippen LogP contribution >= 0.6 is 0 Å². The van der Waals surface area contributed by atoms with Gasteiger partial charge in [-0.2, -0.15) is 10.4 Å². The molecule has 0 aliphatic carbocycles. The number of carbonyl (C=O) groups excluding carboxylic acids is 1. The summed E-state index contributed by atoms with van der Waals surface area (Å²) in [6, 6.07) is 4.33. The molecule has 3 heterocycles. The zero-order valence-corrected chi connectivity index (χ0v) is 15.3. The summed E-state index contributed by atoms with van der Waals surface area (Å²) in [4.78, 5) is 19.5. The Morgan fingerprint density at radius 1 is 1.28 bits per heavy atom. The van der Waals surface area contributed by atoms with Crippen LogP contribution in [-0.4, -0.2) is 76.2 Å². The maximum atomic E-state index is 12.7. The molecule has 1 amide bonds. The number of nitrogens with zero attached hydrogens (tertiary/aromatic N) is 6. The lowest BCUT2D eigenvalue weighted by Crippen LogP contribution is -2.48. The number of nitriles is 1. The standard InChI is InChI=1S/C18H28N6O/c1-15(22-10-8-21(2)9-11-22)4-5-18(25)23-6-3-7-24-17(14-23)12-16(13-19)20-24/h12,15H,3-11,14H2,1-2H3/t15-/m0/s1. The Labute approximate surface area is 149 Å². The van der Waals surface area contributed by atoms with Crippen molar-refractivity contribution in [3.05, 3.63) is 17.5 Å². The average Bonchev–Trinajstić information content (AvgIpc) is 2.90. The molecule has 7 nitrogen and oxygen atoms in total. The Morgan fingerprint density at radius 2 is 2.04 bits per heavy atom. The maximum Gasteiger partial charge on any atom is 0.222 e. The first-order chi connectivity index (χ1) is 12.1. The summed E-state index contributed by atoms with van der Waals surface area (Å²) in [6.45, 7) is 8.74. The summed E-state index contributed by atoms with van der Waals surface area (Å²) < 4.78 is 1.87. The Hall–Kier alpha value is -1.91. The fraction of sp³-hybridized carbons (Fsp3) is 0.722. The fourth-order valence-electron chi connectivity index (χ4n) is 3.67. The number of carbonyl (C=O) groups is 1. The molecule has 0 aromatic carbocycles. The largest absolute Gasteiger partial charge is 0.337 e. The SMILES string of the molecule is C[C@@H](CCC(=O)N1CCCn2nc(C#N)cc2C1)N1CCN(C)CC1. The van der Waals surface area contributed by atoms with E-state index in [1.807, 2.05) is 9.58 Å². The molecular formula is C18H28N6O. The predicted octanol–water partition coefficient (Wildman–Crippen LogP) is 0.903. The van der Waals surface area contributed by atoms with E-state index in [-0.39, 0.29) is 5.91 Å². The number of likely N-dealkylation sites (N-methyl/N-ethyl adjacent to an activating group) is 1. The van der Waals surface area contributed by atoms with Crippen molar-refractivity contribution in [1.82, 2.24) is 24.5 Å². The Kier molecular flexibility index (Phi) is 5.71. The van der Waals surface area contributed by atoms with Crippen molar-refractivity contribution in [3.8, 4) is 6.07 Å². The molecule has 7 heteroatoms. The van der Waals surface area contributed by atoms with Gasteiger partial charge in [0, 0.05) is 51.7 Å². The van der Waals surface area contributed by atoms with Gasteiger partial charge < -0.3 is 9.80 Å². The van der Waals surface area contributed by atoms with Gasteiger partial charge in [0.2, 0.25) is 5.91 Å². The third kappa shape index (κ3) is 4.39. The molecule has 25 heavy (non-hydrogen) atoms. The van der Waals surface area contributed by atoms with Crippen LogP contribution in [0.25, 0.3) is 0 Å². The van der Waals surface area contributed by atoms with Crippen LogP contribution in [0.3, 0.4) is 0 Å². The van der Waals surface area contributed by atoms with E-state index >= 15 is 0 Å². The molecular weight excluding hydrogens is 316 g/mol. The van der Waals surface area contributed by atoms with Crippen LogP contribution in [0.1, 0.15) is 37.6 Å². The van der Waals surface area contributed by atoms with Crippen LogP contribution in [0.2, 0.25) is 0 Å². The van der Waals surface area contributed by atoms with Crippen LogP contribution in [0.15, 0.2) is 6.07 Å². The number of hydrogen-bond donors (Lipinski definition) is 0. The minimum atomic E-state index is 0.217. The zero-order valence-electron chi connectivity index (χ0n) is 15.3. The van der Waals surface area contributed by atoms with Crippen molar-refractivity contribution >= 4 is 5.91 Å². The first kappa shape index (κ1) is 17.9. The molecule has 0 saturated carbocycles. The second kappa shape index (κ2) is 7.98. The van der Waals surface area contributed by atoms with E-state index in [1.54, 1.807) is 6.07 Å². The minimum absolute atomic E-state index is 0.217. The zero-order chi connectivity index (χ0) is 17.8. The highest BCUT2D eigenvalue weighted by Crippen LogP contribution is 2.16. The van der Waals surface area contributed by atoms with Gasteiger partial charge in [0.05, 0.1) is 12.2 Å². The summed E-state index contributed by atoms with van der Waals surface area (Å²) in [5.74, 6) is 0.217. The normalized spacial score (nSPS) is 20.6. The highest BCUT2D eigenvalue weighted by molar-refractivity contribution is 5.76. The fourth-order valence-corrected chi connectivity index (χ4v) is 3.67. The van der Waals surface area contributed by atoms with Crippen LogP contribution in [-0.2, 0) is 17.9 Å². The highest BCUT2D eigenvalue weighted by Gasteiger charge is 2.23. The van der Waals surface area contributed by atoms with Crippen LogP contribution in [0.5, 0.6) is 0 Å². The van der Waals surface area contributed by atoms with Gasteiger partial charge >= 0.3 is 0 Å². The molecule has 1 fully saturated rings. The van der Waals surface area contributed by atoms with E-state index in [4.69, 9.17) is 5.26 Å². The smallest absolute Gasteiger partial charge is 0.222 e. The van der Waals surface area contributed by atoms with Gasteiger partial charge in [-0.15, -0.1) is 0 Å². The number of rotatable bonds is 4. The number of piperazine rings is 1. The monoisotopic (exact) mass is 344 g/mol. The van der Waals surface area contributed by atoms with Crippen LogP contribution in [0.4, 0.5) is 0 Å². The van der Waals surface area contributed by atoms with E-state index in [1.165, 1.54) is 0 Å². The van der Waals surface area contributed by atoms with Gasteiger partial charge in [0.1, 0.15) is 6.07 Å². The molecule has 136 valence electrons. The number of fused-ring (bicyclic) bond motifs is 1. The van der Waals surface area contributed by atoms with Gasteiger partial charge in [-0.25, -0.2) is 0 Å². The first-order valence-electron chi connectivity index (χ1n) is 9.24. The van der Waals surface area contributed by atoms with Crippen molar-refractivity contribution in [2.75, 3.05) is 39.8 Å². The second-order valence-corrected chi connectivity index (χ2v) is 7.25. The first-order valence-corrected chi connectivity index (χ1v) is 9.24. The topological polar surface area (TPSA) is 68.4 Å². The van der Waals surface area contributed by atoms with E-state index in [9.17, 15) is 4.79 Å². The number of amides is 1. The number of aromatic nitrogens is 2. The summed E-state index contributed by atoms with van der Waals surface area (Å²) >= 11 is 0. The molecule has 2 aliphatic heterocycles. The Balaban J connectivity index is 1.51. The molecule has 3 rings (SSSR count). The number of hydrogen-bond acceptors (Lipinski definition) is 5. The summed E-state index contributed by atoms with van der Waals surface area (Å²) in [7, 11) is 2.16. The molecule has 2 aliphatic rings. The minimum Gasteiger partial charge on any atom is -0.337 e. The Bertz CT molecular complexity index is 640. The predicted molar refractivity (Wildman–Crippen MR) is 94.7 cm³/mol. The molecule has 1 atom stereocenters. The molecule has 0 spiro atoms. The van der Waals surface area contributed by atoms with Crippen molar-refractivity contribution in [2.45, 2.75) is 45.3 Å². The summed E-state index contributed by atoms with van der Waals surface area (Å²) in [5.41, 5.74) is 1.41. The van der Waals surface area contributed by atoms with Crippen molar-refractivity contribution < 1.29 is 4.79 Å². The third-order valence-electron chi connectivity index (χ3n) is 5.42. The number of aryl methyl sites for hydroxylation is 1. The molecule has 0 N–H and O–H groups in total. The maximum absolute atomic E-state index is 12.7. The van der Waals surface area contributed by atoms with E-state index in [0.29, 0.717) is 24.7 Å². The Morgan fingerprint density at radius 3 is 2.76 bits per heavy atom. The quantitative estimate of drug-likeness (QED) is 0.812. The molecule has 0 radical (unpaired) electrons. The van der Waals surface area contributed by atoms with Crippen molar-refractivity contribution in [3.63, 3.8) is 0 Å². The van der Waals surface area contributed by atoms with Crippen molar-refractivity contribution in [1.29, 1.82) is 5.26 Å². The van der Waals surface area contributed by atoms with Gasteiger partial charge in [-0.3, -0.25) is 14.4 Å². The summed E-state index contributed by atoms with van der Waals surface area (Å²) in [5, 5.41) is 13.3. The van der Waals surface area contributed by atoms with Crippen LogP contribution < -0.4 is 0 Å². The lowest BCUT2D eigenvalue weighted by Gasteiger charge is -2.36. The van der Waals surface area contributed by atoms with Gasteiger partial charge in [-0.1, -0.05) is 0 Å². The van der Waals surface area contributed by atoms with Gasteiger partial charge in [0.15, 0.2) is 5.69 Å². The highest BCUT2D eigenvalue weighted by atomic mass is 16.2. The molecule has 1 saturated heterocycles. The molecule has 1 aromatic rings. The van der Waals surface area contributed by atoms with E-state index < -0.39 is 0 Å². The lowest BCUT2D eigenvalue weighted by atomic mass is 10.1. The average molecular weight is 344 g/mol. The lowest BCUT2D eigenvalue weighted by molar-refractivity contribution is -0.132. The third-order valence-corrected chi connectivity index (χ3v) is 5.42. The second-order valence-electron chi connectivity index (χ2n) is 7.25. The van der Waals surface area contributed by atoms with E-state index in [2.05, 4.69) is 34.9 Å². The van der Waals surface area contributed by atoms with Gasteiger partial charge in [-0.05, 0) is 32.9 Å². The van der Waals surface area contributed by atoms with E-state index in [0.717, 1.165) is 57.8 Å². The summed E-state index contributed by atoms with van der Waals surface area (Å²) in [6.07, 6.45) is 2.38.